The van der Waals surface area contributed by atoms with Crippen LogP contribution in [-0.4, -0.2) is 12.2 Å². The third-order valence-electron chi connectivity index (χ3n) is 1.84. The van der Waals surface area contributed by atoms with Gasteiger partial charge in [0.25, 0.3) is 0 Å². The summed E-state index contributed by atoms with van der Waals surface area (Å²) in [5.74, 6) is 0.863. The van der Waals surface area contributed by atoms with Gasteiger partial charge in [0.15, 0.2) is 0 Å². The van der Waals surface area contributed by atoms with Gasteiger partial charge in [0.05, 0.1) is 17.3 Å². The zero-order valence-corrected chi connectivity index (χ0v) is 9.25. The van der Waals surface area contributed by atoms with Crippen LogP contribution < -0.4 is 4.74 Å². The van der Waals surface area contributed by atoms with Crippen molar-refractivity contribution in [3.8, 4) is 5.75 Å². The first-order valence-electron chi connectivity index (χ1n) is 3.63. The zero-order chi connectivity index (χ0) is 9.14. The number of halogens is 1. The lowest BCUT2D eigenvalue weighted by Crippen LogP contribution is -1.95. The van der Waals surface area contributed by atoms with Crippen LogP contribution in [0.15, 0.2) is 12.1 Å². The minimum absolute atomic E-state index is 0.0686. The molecule has 0 aliphatic carbocycles. The van der Waals surface area contributed by atoms with Gasteiger partial charge in [-0.05, 0) is 46.7 Å². The fourth-order valence-electron chi connectivity index (χ4n) is 1.12. The monoisotopic (exact) mass is 278 g/mol. The van der Waals surface area contributed by atoms with E-state index < -0.39 is 0 Å². The molecular weight excluding hydrogens is 267 g/mol. The second kappa shape index (κ2) is 4.09. The van der Waals surface area contributed by atoms with Crippen LogP contribution in [0.2, 0.25) is 0 Å². The van der Waals surface area contributed by atoms with Crippen LogP contribution in [0.3, 0.4) is 0 Å². The van der Waals surface area contributed by atoms with Crippen molar-refractivity contribution in [3.63, 3.8) is 0 Å². The van der Waals surface area contributed by atoms with Crippen molar-refractivity contribution < 1.29 is 9.84 Å². The first kappa shape index (κ1) is 9.80. The average molecular weight is 278 g/mol. The van der Waals surface area contributed by atoms with Crippen molar-refractivity contribution in [2.24, 2.45) is 0 Å². The largest absolute Gasteiger partial charge is 0.495 e. The highest BCUT2D eigenvalue weighted by Crippen LogP contribution is 2.27. The molecule has 1 aromatic rings. The summed E-state index contributed by atoms with van der Waals surface area (Å²) in [5.41, 5.74) is 1.94. The summed E-state index contributed by atoms with van der Waals surface area (Å²) in [6, 6.07) is 3.86. The molecule has 0 amide bonds. The fraction of sp³-hybridized carbons (Fsp3) is 0.333. The number of methoxy groups -OCH3 is 1. The van der Waals surface area contributed by atoms with E-state index in [-0.39, 0.29) is 6.61 Å². The summed E-state index contributed by atoms with van der Waals surface area (Å²) in [7, 11) is 1.64. The number of hydrogen-bond donors (Lipinski definition) is 1. The third-order valence-corrected chi connectivity index (χ3v) is 2.69. The van der Waals surface area contributed by atoms with Crippen LogP contribution in [0.5, 0.6) is 5.75 Å². The van der Waals surface area contributed by atoms with Gasteiger partial charge in [0.1, 0.15) is 5.75 Å². The molecule has 1 rings (SSSR count). The fourth-order valence-corrected chi connectivity index (χ4v) is 1.93. The average Bonchev–Trinajstić information content (AvgIpc) is 2.06. The molecule has 0 saturated carbocycles. The Bertz CT molecular complexity index is 284. The topological polar surface area (TPSA) is 29.5 Å². The molecule has 0 heterocycles. The molecule has 3 heteroatoms. The molecule has 1 N–H and O–H groups in total. The lowest BCUT2D eigenvalue weighted by Gasteiger charge is -2.10. The molecule has 0 spiro atoms. The van der Waals surface area contributed by atoms with Crippen LogP contribution in [0, 0.1) is 10.5 Å². The highest BCUT2D eigenvalue weighted by Gasteiger charge is 2.06. The molecule has 12 heavy (non-hydrogen) atoms. The molecule has 0 bridgehead atoms. The van der Waals surface area contributed by atoms with Crippen molar-refractivity contribution >= 4 is 22.6 Å². The van der Waals surface area contributed by atoms with Gasteiger partial charge in [0, 0.05) is 0 Å². The molecular formula is C9H11IO2. The molecule has 0 unspecified atom stereocenters. The standard InChI is InChI=1S/C9H11IO2/c1-6-7(5-11)3-4-8(10)9(6)12-2/h3-4,11H,5H2,1-2H3. The molecule has 0 atom stereocenters. The van der Waals surface area contributed by atoms with Gasteiger partial charge in [-0.25, -0.2) is 0 Å². The predicted molar refractivity (Wildman–Crippen MR) is 56.4 cm³/mol. The number of hydrogen-bond acceptors (Lipinski definition) is 2. The van der Waals surface area contributed by atoms with Crippen molar-refractivity contribution in [1.29, 1.82) is 0 Å². The third kappa shape index (κ3) is 1.72. The molecule has 0 fully saturated rings. The lowest BCUT2D eigenvalue weighted by atomic mass is 10.1. The van der Waals surface area contributed by atoms with Gasteiger partial charge in [0.2, 0.25) is 0 Å². The summed E-state index contributed by atoms with van der Waals surface area (Å²) in [4.78, 5) is 0. The van der Waals surface area contributed by atoms with Crippen LogP contribution >= 0.6 is 22.6 Å². The molecule has 0 aromatic heterocycles. The molecule has 0 radical (unpaired) electrons. The summed E-state index contributed by atoms with van der Waals surface area (Å²) in [6.07, 6.45) is 0. The number of aliphatic hydroxyl groups is 1. The van der Waals surface area contributed by atoms with E-state index in [2.05, 4.69) is 22.6 Å². The van der Waals surface area contributed by atoms with Gasteiger partial charge in [-0.2, -0.15) is 0 Å². The molecule has 0 saturated heterocycles. The normalized spacial score (nSPS) is 10.0. The maximum Gasteiger partial charge on any atom is 0.135 e. The second-order valence-electron chi connectivity index (χ2n) is 2.52. The van der Waals surface area contributed by atoms with Gasteiger partial charge in [-0.15, -0.1) is 0 Å². The van der Waals surface area contributed by atoms with E-state index in [0.29, 0.717) is 0 Å². The highest BCUT2D eigenvalue weighted by atomic mass is 127. The van der Waals surface area contributed by atoms with Crippen LogP contribution in [0.25, 0.3) is 0 Å². The zero-order valence-electron chi connectivity index (χ0n) is 7.10. The Morgan fingerprint density at radius 2 is 2.17 bits per heavy atom. The Hall–Kier alpha value is -0.290. The van der Waals surface area contributed by atoms with Crippen molar-refractivity contribution in [3.05, 3.63) is 26.8 Å². The smallest absolute Gasteiger partial charge is 0.135 e. The van der Waals surface area contributed by atoms with E-state index in [4.69, 9.17) is 9.84 Å². The Balaban J connectivity index is 3.24. The van der Waals surface area contributed by atoms with Gasteiger partial charge in [-0.3, -0.25) is 0 Å². The van der Waals surface area contributed by atoms with E-state index >= 15 is 0 Å². The van der Waals surface area contributed by atoms with E-state index in [1.54, 1.807) is 7.11 Å². The van der Waals surface area contributed by atoms with Crippen molar-refractivity contribution in [1.82, 2.24) is 0 Å². The van der Waals surface area contributed by atoms with E-state index in [9.17, 15) is 0 Å². The van der Waals surface area contributed by atoms with E-state index in [1.807, 2.05) is 19.1 Å². The maximum atomic E-state index is 8.97. The number of ether oxygens (including phenoxy) is 1. The minimum atomic E-state index is 0.0686. The quantitative estimate of drug-likeness (QED) is 0.839. The summed E-state index contributed by atoms with van der Waals surface area (Å²) >= 11 is 2.21. The molecule has 2 nitrogen and oxygen atoms in total. The predicted octanol–water partition coefficient (Wildman–Crippen LogP) is 2.10. The lowest BCUT2D eigenvalue weighted by molar-refractivity contribution is 0.280. The van der Waals surface area contributed by atoms with Crippen LogP contribution in [-0.2, 0) is 6.61 Å². The van der Waals surface area contributed by atoms with Crippen LogP contribution in [0.1, 0.15) is 11.1 Å². The Morgan fingerprint density at radius 3 is 2.67 bits per heavy atom. The number of rotatable bonds is 2. The highest BCUT2D eigenvalue weighted by molar-refractivity contribution is 14.1. The summed E-state index contributed by atoms with van der Waals surface area (Å²) in [6.45, 7) is 2.02. The van der Waals surface area contributed by atoms with Gasteiger partial charge < -0.3 is 9.84 Å². The van der Waals surface area contributed by atoms with E-state index in [1.165, 1.54) is 0 Å². The van der Waals surface area contributed by atoms with Crippen LogP contribution in [0.4, 0.5) is 0 Å². The Morgan fingerprint density at radius 1 is 1.50 bits per heavy atom. The van der Waals surface area contributed by atoms with Crippen molar-refractivity contribution in [2.75, 3.05) is 7.11 Å². The van der Waals surface area contributed by atoms with E-state index in [0.717, 1.165) is 20.4 Å². The second-order valence-corrected chi connectivity index (χ2v) is 3.69. The minimum Gasteiger partial charge on any atom is -0.495 e. The number of benzene rings is 1. The molecule has 66 valence electrons. The molecule has 0 aliphatic heterocycles. The summed E-state index contributed by atoms with van der Waals surface area (Å²) in [5, 5.41) is 8.97. The molecule has 0 aliphatic rings. The van der Waals surface area contributed by atoms with Gasteiger partial charge in [-0.1, -0.05) is 6.07 Å². The molecule has 1 aromatic carbocycles. The Labute approximate surface area is 85.7 Å². The first-order valence-corrected chi connectivity index (χ1v) is 4.71. The number of aliphatic hydroxyl groups excluding tert-OH is 1. The Kier molecular flexibility index (Phi) is 3.34. The first-order chi connectivity index (χ1) is 5.70. The van der Waals surface area contributed by atoms with Gasteiger partial charge >= 0.3 is 0 Å². The van der Waals surface area contributed by atoms with Crippen molar-refractivity contribution in [2.45, 2.75) is 13.5 Å². The summed E-state index contributed by atoms with van der Waals surface area (Å²) < 4.78 is 6.27. The maximum absolute atomic E-state index is 8.97. The SMILES string of the molecule is COc1c(I)ccc(CO)c1C.